The van der Waals surface area contributed by atoms with Gasteiger partial charge >= 0.3 is 0 Å². The average Bonchev–Trinajstić information content (AvgIpc) is 3.17. The number of rotatable bonds is 8. The molecule has 1 rings (SSSR count). The molecule has 0 aromatic rings. The Hall–Kier alpha value is -1.10. The molecule has 0 bridgehead atoms. The zero-order chi connectivity index (χ0) is 13.6. The highest BCUT2D eigenvalue weighted by Crippen LogP contribution is 2.47. The Bertz CT molecular complexity index is 297. The lowest BCUT2D eigenvalue weighted by atomic mass is 10.0. The molecule has 0 atom stereocenters. The summed E-state index contributed by atoms with van der Waals surface area (Å²) in [6.07, 6.45) is 2.13. The van der Waals surface area contributed by atoms with Gasteiger partial charge in [-0.3, -0.25) is 9.59 Å². The van der Waals surface area contributed by atoms with E-state index in [9.17, 15) is 9.59 Å². The Balaban J connectivity index is 2.48. The molecule has 0 heterocycles. The largest absolute Gasteiger partial charge is 0.385 e. The van der Waals surface area contributed by atoms with Crippen LogP contribution >= 0.6 is 0 Å². The fraction of sp³-hybridized carbons (Fsp3) is 0.846. The van der Waals surface area contributed by atoms with Crippen molar-refractivity contribution < 1.29 is 14.3 Å². The monoisotopic (exact) mass is 256 g/mol. The van der Waals surface area contributed by atoms with Crippen LogP contribution in [-0.4, -0.2) is 50.1 Å². The van der Waals surface area contributed by atoms with Gasteiger partial charge in [0.2, 0.25) is 11.8 Å². The number of methoxy groups -OCH3 is 1. The van der Waals surface area contributed by atoms with Crippen LogP contribution in [0.3, 0.4) is 0 Å². The van der Waals surface area contributed by atoms with Crippen molar-refractivity contribution in [1.29, 1.82) is 0 Å². The molecule has 1 aliphatic carbocycles. The number of nitrogens with one attached hydrogen (secondary N) is 1. The molecular formula is C13H24N2O3. The zero-order valence-corrected chi connectivity index (χ0v) is 11.6. The van der Waals surface area contributed by atoms with Crippen LogP contribution in [-0.2, 0) is 14.3 Å². The lowest BCUT2D eigenvalue weighted by molar-refractivity contribution is -0.143. The van der Waals surface area contributed by atoms with Gasteiger partial charge in [0.15, 0.2) is 0 Å². The van der Waals surface area contributed by atoms with Crippen molar-refractivity contribution in [2.45, 2.75) is 33.1 Å². The van der Waals surface area contributed by atoms with Gasteiger partial charge in [0, 0.05) is 33.4 Å². The van der Waals surface area contributed by atoms with Crippen LogP contribution < -0.4 is 5.32 Å². The molecule has 5 heteroatoms. The first-order valence-corrected chi connectivity index (χ1v) is 6.69. The third-order valence-corrected chi connectivity index (χ3v) is 3.46. The second kappa shape index (κ2) is 6.73. The van der Waals surface area contributed by atoms with E-state index < -0.39 is 5.41 Å². The molecule has 2 amide bonds. The quantitative estimate of drug-likeness (QED) is 0.516. The Morgan fingerprint density at radius 3 is 2.33 bits per heavy atom. The lowest BCUT2D eigenvalue weighted by Crippen LogP contribution is -2.45. The third-order valence-electron chi connectivity index (χ3n) is 3.46. The zero-order valence-electron chi connectivity index (χ0n) is 11.6. The van der Waals surface area contributed by atoms with Crippen molar-refractivity contribution in [2.75, 3.05) is 33.4 Å². The SMILES string of the molecule is CCN(CC)C(=O)C1(C(=O)NCCCOC)CC1. The predicted molar refractivity (Wildman–Crippen MR) is 69.1 cm³/mol. The first-order chi connectivity index (χ1) is 8.62. The Morgan fingerprint density at radius 2 is 1.89 bits per heavy atom. The standard InChI is InChI=1S/C13H24N2O3/c1-4-15(5-2)12(17)13(7-8-13)11(16)14-9-6-10-18-3/h4-10H2,1-3H3,(H,14,16). The summed E-state index contributed by atoms with van der Waals surface area (Å²) in [6, 6.07) is 0. The summed E-state index contributed by atoms with van der Waals surface area (Å²) in [4.78, 5) is 26.1. The molecule has 0 aromatic carbocycles. The first kappa shape index (κ1) is 15.0. The van der Waals surface area contributed by atoms with E-state index in [2.05, 4.69) is 5.32 Å². The van der Waals surface area contributed by atoms with Crippen molar-refractivity contribution in [1.82, 2.24) is 10.2 Å². The lowest BCUT2D eigenvalue weighted by Gasteiger charge is -2.24. The van der Waals surface area contributed by atoms with Gasteiger partial charge < -0.3 is 15.0 Å². The number of amides is 2. The highest BCUT2D eigenvalue weighted by Gasteiger charge is 2.57. The van der Waals surface area contributed by atoms with E-state index in [4.69, 9.17) is 4.74 Å². The molecule has 0 unspecified atom stereocenters. The summed E-state index contributed by atoms with van der Waals surface area (Å²) in [5.74, 6) is -0.132. The maximum absolute atomic E-state index is 12.3. The molecular weight excluding hydrogens is 232 g/mol. The topological polar surface area (TPSA) is 58.6 Å². The second-order valence-corrected chi connectivity index (χ2v) is 4.66. The van der Waals surface area contributed by atoms with E-state index in [0.717, 1.165) is 6.42 Å². The number of hydrogen-bond donors (Lipinski definition) is 1. The summed E-state index contributed by atoms with van der Waals surface area (Å²) in [5.41, 5.74) is -0.765. The molecule has 5 nitrogen and oxygen atoms in total. The van der Waals surface area contributed by atoms with Gasteiger partial charge in [-0.25, -0.2) is 0 Å². The smallest absolute Gasteiger partial charge is 0.238 e. The van der Waals surface area contributed by atoms with Crippen molar-refractivity contribution in [2.24, 2.45) is 5.41 Å². The molecule has 18 heavy (non-hydrogen) atoms. The molecule has 0 saturated heterocycles. The Labute approximate surface area is 109 Å². The predicted octanol–water partition coefficient (Wildman–Crippen LogP) is 0.788. The van der Waals surface area contributed by atoms with E-state index in [0.29, 0.717) is 39.1 Å². The van der Waals surface area contributed by atoms with E-state index in [1.54, 1.807) is 12.0 Å². The van der Waals surface area contributed by atoms with Crippen LogP contribution in [0.4, 0.5) is 0 Å². The molecule has 0 radical (unpaired) electrons. The van der Waals surface area contributed by atoms with Crippen LogP contribution in [0.2, 0.25) is 0 Å². The number of carbonyl (C=O) groups excluding carboxylic acids is 2. The molecule has 0 aromatic heterocycles. The average molecular weight is 256 g/mol. The fourth-order valence-corrected chi connectivity index (χ4v) is 2.06. The molecule has 1 aliphatic rings. The van der Waals surface area contributed by atoms with E-state index >= 15 is 0 Å². The first-order valence-electron chi connectivity index (χ1n) is 6.69. The molecule has 0 spiro atoms. The van der Waals surface area contributed by atoms with Crippen LogP contribution in [0, 0.1) is 5.41 Å². The van der Waals surface area contributed by atoms with Gasteiger partial charge in [-0.15, -0.1) is 0 Å². The molecule has 0 aliphatic heterocycles. The van der Waals surface area contributed by atoms with Gasteiger partial charge in [-0.05, 0) is 33.1 Å². The number of nitrogens with zero attached hydrogens (tertiary/aromatic N) is 1. The second-order valence-electron chi connectivity index (χ2n) is 4.66. The van der Waals surface area contributed by atoms with Crippen molar-refractivity contribution >= 4 is 11.8 Å². The van der Waals surface area contributed by atoms with Gasteiger partial charge in [0.1, 0.15) is 5.41 Å². The van der Waals surface area contributed by atoms with Crippen molar-refractivity contribution in [3.8, 4) is 0 Å². The van der Waals surface area contributed by atoms with Gasteiger partial charge in [0.05, 0.1) is 0 Å². The van der Waals surface area contributed by atoms with Crippen molar-refractivity contribution in [3.63, 3.8) is 0 Å². The fourth-order valence-electron chi connectivity index (χ4n) is 2.06. The summed E-state index contributed by atoms with van der Waals surface area (Å²) in [6.45, 7) is 6.39. The maximum atomic E-state index is 12.3. The molecule has 1 N–H and O–H groups in total. The van der Waals surface area contributed by atoms with E-state index in [1.807, 2.05) is 13.8 Å². The summed E-state index contributed by atoms with van der Waals surface area (Å²) in [5, 5.41) is 2.84. The van der Waals surface area contributed by atoms with Gasteiger partial charge in [-0.2, -0.15) is 0 Å². The molecule has 104 valence electrons. The van der Waals surface area contributed by atoms with Crippen LogP contribution in [0.15, 0.2) is 0 Å². The van der Waals surface area contributed by atoms with Crippen LogP contribution in [0.1, 0.15) is 33.1 Å². The number of hydrogen-bond acceptors (Lipinski definition) is 3. The summed E-state index contributed by atoms with van der Waals surface area (Å²) >= 11 is 0. The van der Waals surface area contributed by atoms with Crippen molar-refractivity contribution in [3.05, 3.63) is 0 Å². The normalized spacial score (nSPS) is 16.2. The highest BCUT2D eigenvalue weighted by atomic mass is 16.5. The molecule has 1 fully saturated rings. The van der Waals surface area contributed by atoms with Crippen LogP contribution in [0.25, 0.3) is 0 Å². The summed E-state index contributed by atoms with van der Waals surface area (Å²) < 4.78 is 4.92. The Kier molecular flexibility index (Phi) is 5.59. The minimum Gasteiger partial charge on any atom is -0.385 e. The van der Waals surface area contributed by atoms with E-state index in [1.165, 1.54) is 0 Å². The van der Waals surface area contributed by atoms with E-state index in [-0.39, 0.29) is 11.8 Å². The number of ether oxygens (including phenoxy) is 1. The maximum Gasteiger partial charge on any atom is 0.238 e. The third kappa shape index (κ3) is 3.22. The number of carbonyl (C=O) groups is 2. The minimum absolute atomic E-state index is 0.0169. The minimum atomic E-state index is -0.765. The van der Waals surface area contributed by atoms with Gasteiger partial charge in [0.25, 0.3) is 0 Å². The highest BCUT2D eigenvalue weighted by molar-refractivity contribution is 6.07. The van der Waals surface area contributed by atoms with Crippen LogP contribution in [0.5, 0.6) is 0 Å². The van der Waals surface area contributed by atoms with Gasteiger partial charge in [-0.1, -0.05) is 0 Å². The molecule has 1 saturated carbocycles. The Morgan fingerprint density at radius 1 is 1.28 bits per heavy atom. The summed E-state index contributed by atoms with van der Waals surface area (Å²) in [7, 11) is 1.63.